The van der Waals surface area contributed by atoms with Crippen LogP contribution in [0.15, 0.2) is 29.8 Å². The van der Waals surface area contributed by atoms with Gasteiger partial charge in [0.25, 0.3) is 0 Å². The summed E-state index contributed by atoms with van der Waals surface area (Å²) in [6.07, 6.45) is -0.334. The average Bonchev–Trinajstić information content (AvgIpc) is 3.40. The largest absolute Gasteiger partial charge is 0.391 e. The van der Waals surface area contributed by atoms with Crippen molar-refractivity contribution in [3.63, 3.8) is 0 Å². The van der Waals surface area contributed by atoms with E-state index in [2.05, 4.69) is 15.6 Å². The minimum absolute atomic E-state index is 0.0744. The maximum atomic E-state index is 13.2. The van der Waals surface area contributed by atoms with E-state index in [0.29, 0.717) is 6.54 Å². The SMILES string of the molecule is CCC(=O)N[C@H](C(=O)N1C[C@H](O)C[C@H]1C(=O)NCc1ccc(-c2scnc2C)cc1)C(C)C. The first kappa shape index (κ1) is 24.9. The Bertz CT molecular complexity index is 989. The monoisotopic (exact) mass is 472 g/mol. The Balaban J connectivity index is 1.64. The molecule has 0 saturated carbocycles. The number of hydrogen-bond donors (Lipinski definition) is 3. The van der Waals surface area contributed by atoms with Gasteiger partial charge in [0.15, 0.2) is 0 Å². The summed E-state index contributed by atoms with van der Waals surface area (Å²) in [7, 11) is 0. The lowest BCUT2D eigenvalue weighted by atomic mass is 10.0. The maximum absolute atomic E-state index is 13.2. The van der Waals surface area contributed by atoms with Crippen LogP contribution in [0.1, 0.15) is 44.9 Å². The van der Waals surface area contributed by atoms with Gasteiger partial charge >= 0.3 is 0 Å². The zero-order chi connectivity index (χ0) is 24.1. The number of aryl methyl sites for hydroxylation is 1. The lowest BCUT2D eigenvalue weighted by molar-refractivity contribution is -0.142. The van der Waals surface area contributed by atoms with Crippen molar-refractivity contribution in [3.8, 4) is 10.4 Å². The molecule has 1 aromatic carbocycles. The number of nitrogens with zero attached hydrogens (tertiary/aromatic N) is 2. The zero-order valence-corrected chi connectivity index (χ0v) is 20.3. The second-order valence-electron chi connectivity index (χ2n) is 8.72. The molecule has 1 aliphatic heterocycles. The second kappa shape index (κ2) is 10.9. The number of β-amino-alcohol motifs (C(OH)–C–C–N with tert-alkyl or cyclic N) is 1. The summed E-state index contributed by atoms with van der Waals surface area (Å²) in [5.74, 6) is -1.02. The van der Waals surface area contributed by atoms with Gasteiger partial charge < -0.3 is 20.6 Å². The van der Waals surface area contributed by atoms with Gasteiger partial charge in [-0.2, -0.15) is 0 Å². The number of likely N-dealkylation sites (tertiary alicyclic amines) is 1. The molecule has 8 nitrogen and oxygen atoms in total. The summed E-state index contributed by atoms with van der Waals surface area (Å²) < 4.78 is 0. The fraction of sp³-hybridized carbons (Fsp3) is 0.500. The summed E-state index contributed by atoms with van der Waals surface area (Å²) in [5, 5.41) is 15.8. The van der Waals surface area contributed by atoms with Crippen LogP contribution in [0.25, 0.3) is 10.4 Å². The molecule has 33 heavy (non-hydrogen) atoms. The van der Waals surface area contributed by atoms with Crippen LogP contribution in [0.2, 0.25) is 0 Å². The molecule has 0 bridgehead atoms. The number of benzene rings is 1. The molecule has 1 fully saturated rings. The van der Waals surface area contributed by atoms with Crippen molar-refractivity contribution in [1.82, 2.24) is 20.5 Å². The number of aliphatic hydroxyl groups is 1. The van der Waals surface area contributed by atoms with Crippen LogP contribution in [-0.2, 0) is 20.9 Å². The predicted molar refractivity (Wildman–Crippen MR) is 127 cm³/mol. The quantitative estimate of drug-likeness (QED) is 0.546. The number of thiazole rings is 1. The summed E-state index contributed by atoms with van der Waals surface area (Å²) in [6.45, 7) is 7.77. The van der Waals surface area contributed by atoms with E-state index in [-0.39, 0.29) is 43.0 Å². The summed E-state index contributed by atoms with van der Waals surface area (Å²) >= 11 is 1.59. The first-order valence-electron chi connectivity index (χ1n) is 11.3. The lowest BCUT2D eigenvalue weighted by Gasteiger charge is -2.30. The van der Waals surface area contributed by atoms with Gasteiger partial charge in [-0.05, 0) is 24.0 Å². The molecule has 0 aliphatic carbocycles. The van der Waals surface area contributed by atoms with E-state index in [1.54, 1.807) is 18.3 Å². The fourth-order valence-corrected chi connectivity index (χ4v) is 4.75. The molecule has 3 amide bonds. The van der Waals surface area contributed by atoms with Gasteiger partial charge in [-0.1, -0.05) is 45.0 Å². The van der Waals surface area contributed by atoms with Crippen molar-refractivity contribution in [2.45, 2.75) is 65.3 Å². The average molecular weight is 473 g/mol. The third kappa shape index (κ3) is 5.97. The lowest BCUT2D eigenvalue weighted by Crippen LogP contribution is -2.55. The number of amides is 3. The van der Waals surface area contributed by atoms with E-state index in [4.69, 9.17) is 0 Å². The zero-order valence-electron chi connectivity index (χ0n) is 19.5. The Labute approximate surface area is 198 Å². The van der Waals surface area contributed by atoms with Gasteiger partial charge in [0, 0.05) is 25.9 Å². The van der Waals surface area contributed by atoms with Crippen LogP contribution in [0.4, 0.5) is 0 Å². The van der Waals surface area contributed by atoms with Crippen LogP contribution in [0.5, 0.6) is 0 Å². The molecule has 0 radical (unpaired) electrons. The molecular formula is C24H32N4O4S. The highest BCUT2D eigenvalue weighted by Gasteiger charge is 2.42. The van der Waals surface area contributed by atoms with E-state index in [1.807, 2.05) is 50.5 Å². The number of carbonyl (C=O) groups is 3. The number of rotatable bonds is 8. The van der Waals surface area contributed by atoms with E-state index < -0.39 is 18.2 Å². The summed E-state index contributed by atoms with van der Waals surface area (Å²) in [4.78, 5) is 44.8. The van der Waals surface area contributed by atoms with E-state index in [9.17, 15) is 19.5 Å². The van der Waals surface area contributed by atoms with E-state index in [1.165, 1.54) is 4.90 Å². The van der Waals surface area contributed by atoms with Crippen molar-refractivity contribution in [1.29, 1.82) is 0 Å². The van der Waals surface area contributed by atoms with Gasteiger partial charge in [0.05, 0.1) is 22.2 Å². The number of nitrogens with one attached hydrogen (secondary N) is 2. The van der Waals surface area contributed by atoms with Crippen molar-refractivity contribution < 1.29 is 19.5 Å². The van der Waals surface area contributed by atoms with Gasteiger partial charge in [-0.3, -0.25) is 14.4 Å². The van der Waals surface area contributed by atoms with E-state index in [0.717, 1.165) is 21.7 Å². The first-order chi connectivity index (χ1) is 15.7. The van der Waals surface area contributed by atoms with Crippen LogP contribution >= 0.6 is 11.3 Å². The number of aliphatic hydroxyl groups excluding tert-OH is 1. The molecule has 3 atom stereocenters. The van der Waals surface area contributed by atoms with Crippen LogP contribution in [0.3, 0.4) is 0 Å². The molecule has 3 N–H and O–H groups in total. The Morgan fingerprint density at radius 2 is 1.94 bits per heavy atom. The minimum atomic E-state index is -0.777. The molecule has 2 aromatic rings. The van der Waals surface area contributed by atoms with Crippen molar-refractivity contribution in [3.05, 3.63) is 41.0 Å². The Hall–Kier alpha value is -2.78. The Morgan fingerprint density at radius 1 is 1.24 bits per heavy atom. The predicted octanol–water partition coefficient (Wildman–Crippen LogP) is 2.25. The second-order valence-corrected chi connectivity index (χ2v) is 9.58. The number of aromatic nitrogens is 1. The number of hydrogen-bond acceptors (Lipinski definition) is 6. The minimum Gasteiger partial charge on any atom is -0.391 e. The van der Waals surface area contributed by atoms with Gasteiger partial charge in [0.1, 0.15) is 12.1 Å². The molecule has 9 heteroatoms. The highest BCUT2D eigenvalue weighted by molar-refractivity contribution is 7.13. The molecule has 3 rings (SSSR count). The highest BCUT2D eigenvalue weighted by Crippen LogP contribution is 2.27. The standard InChI is InChI=1S/C24H32N4O4S/c1-5-20(30)27-21(14(2)3)24(32)28-12-18(29)10-19(28)23(31)25-11-16-6-8-17(9-7-16)22-15(4)26-13-33-22/h6-9,13-14,18-19,21,29H,5,10-12H2,1-4H3,(H,25,31)(H,27,30)/t18-,19+,21+/m1/s1. The molecule has 178 valence electrons. The van der Waals surface area contributed by atoms with Crippen molar-refractivity contribution in [2.24, 2.45) is 5.92 Å². The van der Waals surface area contributed by atoms with Gasteiger partial charge in [-0.25, -0.2) is 4.98 Å². The third-order valence-corrected chi connectivity index (χ3v) is 6.84. The van der Waals surface area contributed by atoms with Crippen LogP contribution < -0.4 is 10.6 Å². The molecular weight excluding hydrogens is 440 g/mol. The van der Waals surface area contributed by atoms with Gasteiger partial charge in [0.2, 0.25) is 17.7 Å². The van der Waals surface area contributed by atoms with Crippen molar-refractivity contribution in [2.75, 3.05) is 6.54 Å². The molecule has 2 heterocycles. The third-order valence-electron chi connectivity index (χ3n) is 5.86. The highest BCUT2D eigenvalue weighted by atomic mass is 32.1. The van der Waals surface area contributed by atoms with Crippen molar-refractivity contribution >= 4 is 29.1 Å². The first-order valence-corrected chi connectivity index (χ1v) is 12.1. The molecule has 1 aliphatic rings. The van der Waals surface area contributed by atoms with Gasteiger partial charge in [-0.15, -0.1) is 11.3 Å². The maximum Gasteiger partial charge on any atom is 0.246 e. The molecule has 1 saturated heterocycles. The molecule has 0 spiro atoms. The summed E-state index contributed by atoms with van der Waals surface area (Å²) in [5.41, 5.74) is 4.82. The normalized spacial score (nSPS) is 18.9. The topological polar surface area (TPSA) is 112 Å². The van der Waals surface area contributed by atoms with E-state index >= 15 is 0 Å². The fourth-order valence-electron chi connectivity index (χ4n) is 3.93. The van der Waals surface area contributed by atoms with Crippen LogP contribution in [0, 0.1) is 12.8 Å². The van der Waals surface area contributed by atoms with Crippen LogP contribution in [-0.4, -0.2) is 57.4 Å². The number of carbonyl (C=O) groups excluding carboxylic acids is 3. The Kier molecular flexibility index (Phi) is 8.20. The smallest absolute Gasteiger partial charge is 0.246 e. The Morgan fingerprint density at radius 3 is 2.52 bits per heavy atom. The molecule has 0 unspecified atom stereocenters. The molecule has 1 aromatic heterocycles. The summed E-state index contributed by atoms with van der Waals surface area (Å²) in [6, 6.07) is 6.40.